The lowest BCUT2D eigenvalue weighted by atomic mass is 10.2. The maximum atomic E-state index is 12.6. The van der Waals surface area contributed by atoms with E-state index in [1.54, 1.807) is 30.3 Å². The van der Waals surface area contributed by atoms with Crippen LogP contribution in [0.4, 0.5) is 11.7 Å². The Labute approximate surface area is 207 Å². The highest BCUT2D eigenvalue weighted by molar-refractivity contribution is 7.92. The van der Waals surface area contributed by atoms with Gasteiger partial charge < -0.3 is 18.6 Å². The van der Waals surface area contributed by atoms with E-state index >= 15 is 0 Å². The van der Waals surface area contributed by atoms with Gasteiger partial charge in [0.2, 0.25) is 5.89 Å². The molecule has 0 atom stereocenters. The van der Waals surface area contributed by atoms with Gasteiger partial charge in [-0.15, -0.1) is 5.10 Å². The Bertz CT molecular complexity index is 1450. The van der Waals surface area contributed by atoms with Gasteiger partial charge in [-0.1, -0.05) is 5.10 Å². The molecule has 1 amide bonds. The number of hydrogen-bond donors (Lipinski definition) is 2. The molecular weight excluding hydrogens is 488 g/mol. The number of aromatic nitrogens is 2. The highest BCUT2D eigenvalue weighted by Crippen LogP contribution is 2.29. The van der Waals surface area contributed by atoms with Crippen LogP contribution in [0, 0.1) is 0 Å². The van der Waals surface area contributed by atoms with E-state index in [0.29, 0.717) is 22.8 Å². The highest BCUT2D eigenvalue weighted by Gasteiger charge is 2.17. The maximum absolute atomic E-state index is 12.6. The van der Waals surface area contributed by atoms with Crippen molar-refractivity contribution in [2.45, 2.75) is 4.90 Å². The number of sulfonamides is 1. The first-order valence-electron chi connectivity index (χ1n) is 10.5. The summed E-state index contributed by atoms with van der Waals surface area (Å²) in [5.41, 5.74) is 1.09. The summed E-state index contributed by atoms with van der Waals surface area (Å²) in [6, 6.07) is 16.8. The lowest BCUT2D eigenvalue weighted by Gasteiger charge is -2.09. The minimum atomic E-state index is -3.81. The molecule has 0 saturated heterocycles. The molecule has 0 aliphatic rings. The number of nitrogens with one attached hydrogen (secondary N) is 2. The highest BCUT2D eigenvalue weighted by atomic mass is 32.2. The molecule has 4 rings (SSSR count). The first kappa shape index (κ1) is 24.5. The van der Waals surface area contributed by atoms with Crippen LogP contribution in [0.25, 0.3) is 11.5 Å². The molecule has 0 aliphatic carbocycles. The Morgan fingerprint density at radius 3 is 2.00 bits per heavy atom. The average molecular weight is 511 g/mol. The maximum Gasteiger partial charge on any atom is 0.322 e. The Hall–Kier alpha value is -4.58. The number of nitrogens with zero attached hydrogens (tertiary/aromatic N) is 2. The van der Waals surface area contributed by atoms with E-state index in [1.165, 1.54) is 57.7 Å². The Morgan fingerprint density at radius 1 is 0.806 bits per heavy atom. The van der Waals surface area contributed by atoms with Crippen molar-refractivity contribution in [3.8, 4) is 28.7 Å². The lowest BCUT2D eigenvalue weighted by molar-refractivity contribution is 0.102. The topological polar surface area (TPSA) is 142 Å². The Kier molecular flexibility index (Phi) is 7.06. The van der Waals surface area contributed by atoms with Gasteiger partial charge in [-0.25, -0.2) is 8.42 Å². The normalized spacial score (nSPS) is 11.0. The minimum Gasteiger partial charge on any atom is -0.497 e. The van der Waals surface area contributed by atoms with Crippen molar-refractivity contribution in [1.82, 2.24) is 10.2 Å². The zero-order valence-electron chi connectivity index (χ0n) is 19.5. The number of benzene rings is 3. The van der Waals surface area contributed by atoms with Gasteiger partial charge in [0, 0.05) is 22.9 Å². The zero-order chi connectivity index (χ0) is 25.7. The molecule has 1 heterocycles. The Balaban J connectivity index is 1.43. The first-order valence-corrected chi connectivity index (χ1v) is 11.9. The number of carbonyl (C=O) groups excluding carboxylic acids is 1. The predicted molar refractivity (Wildman–Crippen MR) is 131 cm³/mol. The van der Waals surface area contributed by atoms with E-state index in [9.17, 15) is 13.2 Å². The van der Waals surface area contributed by atoms with Crippen LogP contribution in [-0.4, -0.2) is 45.9 Å². The second-order valence-electron chi connectivity index (χ2n) is 7.33. The number of rotatable bonds is 9. The molecule has 0 bridgehead atoms. The number of ether oxygens (including phenoxy) is 3. The fourth-order valence-corrected chi connectivity index (χ4v) is 4.21. The van der Waals surface area contributed by atoms with Gasteiger partial charge in [-0.2, -0.15) is 0 Å². The van der Waals surface area contributed by atoms with Crippen molar-refractivity contribution >= 4 is 27.6 Å². The first-order chi connectivity index (χ1) is 17.3. The van der Waals surface area contributed by atoms with Crippen molar-refractivity contribution in [2.24, 2.45) is 0 Å². The standard InChI is InChI=1S/C24H22N4O7S/c1-32-18-8-10-21(11-9-18)36(30,31)28-17-6-4-15(5-7-17)22(29)25-24-27-26-23(35-24)16-12-19(33-2)14-20(13-16)34-3/h4-14,28H,1-3H3,(H,25,27,29). The molecular formula is C24H22N4O7S. The number of carbonyl (C=O) groups is 1. The molecule has 0 unspecified atom stereocenters. The fourth-order valence-electron chi connectivity index (χ4n) is 3.15. The van der Waals surface area contributed by atoms with E-state index in [0.717, 1.165) is 0 Å². The smallest absolute Gasteiger partial charge is 0.322 e. The van der Waals surface area contributed by atoms with Gasteiger partial charge in [-0.05, 0) is 60.7 Å². The summed E-state index contributed by atoms with van der Waals surface area (Å²) in [7, 11) is 0.726. The summed E-state index contributed by atoms with van der Waals surface area (Å²) in [5.74, 6) is 1.26. The quantitative estimate of drug-likeness (QED) is 0.344. The molecule has 2 N–H and O–H groups in total. The molecule has 12 heteroatoms. The van der Waals surface area contributed by atoms with Gasteiger partial charge >= 0.3 is 6.01 Å². The van der Waals surface area contributed by atoms with Crippen LogP contribution in [0.15, 0.2) is 76.0 Å². The SMILES string of the molecule is COc1ccc(S(=O)(=O)Nc2ccc(C(=O)Nc3nnc(-c4cc(OC)cc(OC)c4)o3)cc2)cc1. The molecule has 0 spiro atoms. The summed E-state index contributed by atoms with van der Waals surface area (Å²) in [4.78, 5) is 12.7. The van der Waals surface area contributed by atoms with Gasteiger partial charge in [0.05, 0.1) is 26.2 Å². The third-order valence-electron chi connectivity index (χ3n) is 5.01. The third kappa shape index (κ3) is 5.55. The van der Waals surface area contributed by atoms with Gasteiger partial charge in [-0.3, -0.25) is 14.8 Å². The van der Waals surface area contributed by atoms with Gasteiger partial charge in [0.15, 0.2) is 0 Å². The van der Waals surface area contributed by atoms with Gasteiger partial charge in [0.1, 0.15) is 17.2 Å². The largest absolute Gasteiger partial charge is 0.497 e. The summed E-state index contributed by atoms with van der Waals surface area (Å²) >= 11 is 0. The third-order valence-corrected chi connectivity index (χ3v) is 6.41. The van der Waals surface area contributed by atoms with Crippen LogP contribution < -0.4 is 24.2 Å². The average Bonchev–Trinajstić information content (AvgIpc) is 3.37. The van der Waals surface area contributed by atoms with E-state index in [2.05, 4.69) is 20.2 Å². The van der Waals surface area contributed by atoms with Crippen LogP contribution in [0.3, 0.4) is 0 Å². The molecule has 36 heavy (non-hydrogen) atoms. The minimum absolute atomic E-state index is 0.0750. The summed E-state index contributed by atoms with van der Waals surface area (Å²) < 4.78 is 48.7. The summed E-state index contributed by atoms with van der Waals surface area (Å²) in [5, 5.41) is 10.3. The van der Waals surface area contributed by atoms with Crippen molar-refractivity contribution < 1.29 is 31.8 Å². The van der Waals surface area contributed by atoms with Crippen molar-refractivity contribution in [3.05, 3.63) is 72.3 Å². The summed E-state index contributed by atoms with van der Waals surface area (Å²) in [6.45, 7) is 0. The second kappa shape index (κ2) is 10.4. The van der Waals surface area contributed by atoms with Crippen molar-refractivity contribution in [3.63, 3.8) is 0 Å². The molecule has 186 valence electrons. The van der Waals surface area contributed by atoms with E-state index < -0.39 is 15.9 Å². The number of anilines is 2. The molecule has 0 fully saturated rings. The zero-order valence-corrected chi connectivity index (χ0v) is 20.3. The van der Waals surface area contributed by atoms with E-state index in [1.807, 2.05) is 0 Å². The molecule has 3 aromatic carbocycles. The van der Waals surface area contributed by atoms with Crippen LogP contribution in [-0.2, 0) is 10.0 Å². The predicted octanol–water partition coefficient (Wildman–Crippen LogP) is 3.82. The van der Waals surface area contributed by atoms with Gasteiger partial charge in [0.25, 0.3) is 15.9 Å². The van der Waals surface area contributed by atoms with Crippen LogP contribution >= 0.6 is 0 Å². The van der Waals surface area contributed by atoms with Crippen molar-refractivity contribution in [2.75, 3.05) is 31.4 Å². The molecule has 1 aromatic heterocycles. The molecule has 0 aliphatic heterocycles. The monoisotopic (exact) mass is 510 g/mol. The van der Waals surface area contributed by atoms with E-state index in [4.69, 9.17) is 18.6 Å². The van der Waals surface area contributed by atoms with Crippen LogP contribution in [0.2, 0.25) is 0 Å². The fraction of sp³-hybridized carbons (Fsp3) is 0.125. The van der Waals surface area contributed by atoms with E-state index in [-0.39, 0.29) is 28.1 Å². The molecule has 4 aromatic rings. The number of amides is 1. The molecule has 0 saturated carbocycles. The summed E-state index contributed by atoms with van der Waals surface area (Å²) in [6.07, 6.45) is 0. The Morgan fingerprint density at radius 2 is 1.42 bits per heavy atom. The van der Waals surface area contributed by atoms with Crippen molar-refractivity contribution in [1.29, 1.82) is 0 Å². The second-order valence-corrected chi connectivity index (χ2v) is 9.01. The van der Waals surface area contributed by atoms with Crippen LogP contribution in [0.1, 0.15) is 10.4 Å². The number of hydrogen-bond acceptors (Lipinski definition) is 9. The lowest BCUT2D eigenvalue weighted by Crippen LogP contribution is -2.14. The number of methoxy groups -OCH3 is 3. The molecule has 0 radical (unpaired) electrons. The molecule has 11 nitrogen and oxygen atoms in total. The van der Waals surface area contributed by atoms with Crippen LogP contribution in [0.5, 0.6) is 17.2 Å².